The molecule has 2 aliphatic rings. The van der Waals surface area contributed by atoms with Crippen molar-refractivity contribution in [2.24, 2.45) is 0 Å². The van der Waals surface area contributed by atoms with Crippen LogP contribution in [0, 0.1) is 6.92 Å². The Kier molecular flexibility index (Phi) is 4.98. The van der Waals surface area contributed by atoms with Crippen molar-refractivity contribution in [1.29, 1.82) is 0 Å². The molecule has 0 N–H and O–H groups in total. The van der Waals surface area contributed by atoms with Crippen LogP contribution in [0.3, 0.4) is 0 Å². The van der Waals surface area contributed by atoms with Crippen molar-refractivity contribution in [1.82, 2.24) is 14.8 Å². The van der Waals surface area contributed by atoms with E-state index in [0.29, 0.717) is 12.1 Å². The van der Waals surface area contributed by atoms with Crippen molar-refractivity contribution in [2.45, 2.75) is 45.0 Å². The second-order valence-electron chi connectivity index (χ2n) is 6.79. The zero-order valence-corrected chi connectivity index (χ0v) is 15.0. The van der Waals surface area contributed by atoms with Gasteiger partial charge in [0.25, 0.3) is 0 Å². The lowest BCUT2D eigenvalue weighted by atomic mass is 10.0. The van der Waals surface area contributed by atoms with Gasteiger partial charge in [0.15, 0.2) is 0 Å². The Balaban J connectivity index is 1.40. The highest BCUT2D eigenvalue weighted by Crippen LogP contribution is 2.26. The first-order valence-electron chi connectivity index (χ1n) is 8.78. The summed E-state index contributed by atoms with van der Waals surface area (Å²) in [5.74, 6) is 0. The molecule has 0 aliphatic carbocycles. The molecule has 2 aromatic heterocycles. The van der Waals surface area contributed by atoms with Gasteiger partial charge in [-0.25, -0.2) is 4.98 Å². The van der Waals surface area contributed by atoms with E-state index in [0.717, 1.165) is 57.2 Å². The number of thiazole rings is 1. The predicted octanol–water partition coefficient (Wildman–Crippen LogP) is 2.91. The number of rotatable bonds is 4. The maximum Gasteiger partial charge on any atom is 0.0947 e. The molecular formula is C18H25N3O2S. The molecule has 0 unspecified atom stereocenters. The minimum Gasteiger partial charge on any atom is -0.472 e. The topological polar surface area (TPSA) is 41.7 Å². The van der Waals surface area contributed by atoms with Gasteiger partial charge in [-0.15, -0.1) is 11.3 Å². The highest BCUT2D eigenvalue weighted by atomic mass is 32.1. The van der Waals surface area contributed by atoms with Crippen LogP contribution >= 0.6 is 11.3 Å². The average molecular weight is 347 g/mol. The molecule has 2 fully saturated rings. The van der Waals surface area contributed by atoms with Gasteiger partial charge in [-0.3, -0.25) is 9.80 Å². The van der Waals surface area contributed by atoms with Gasteiger partial charge in [0.1, 0.15) is 0 Å². The summed E-state index contributed by atoms with van der Waals surface area (Å²) in [6.07, 6.45) is 6.23. The fraction of sp³-hybridized carbons (Fsp3) is 0.611. The quantitative estimate of drug-likeness (QED) is 0.851. The third kappa shape index (κ3) is 3.72. The van der Waals surface area contributed by atoms with E-state index in [9.17, 15) is 0 Å². The van der Waals surface area contributed by atoms with Crippen molar-refractivity contribution >= 4 is 11.3 Å². The summed E-state index contributed by atoms with van der Waals surface area (Å²) in [6, 6.07) is 2.57. The van der Waals surface area contributed by atoms with Crippen molar-refractivity contribution in [3.63, 3.8) is 0 Å². The van der Waals surface area contributed by atoms with Gasteiger partial charge < -0.3 is 9.15 Å². The summed E-state index contributed by atoms with van der Waals surface area (Å²) in [4.78, 5) is 9.76. The lowest BCUT2D eigenvalue weighted by Crippen LogP contribution is -2.50. The van der Waals surface area contributed by atoms with Crippen LogP contribution in [0.4, 0.5) is 0 Å². The maximum absolute atomic E-state index is 6.11. The monoisotopic (exact) mass is 347 g/mol. The minimum atomic E-state index is 0.354. The first-order valence-corrected chi connectivity index (χ1v) is 9.66. The standard InChI is InChI=1S/C18H25N3O2S/c1-14-19-16(13-24-14)11-21-7-9-23-18-3-6-20(5-2-17(18)21)10-15-4-8-22-12-15/h4,8,12-13,17-18H,2-3,5-7,9-11H2,1H3/t17-,18+/m0/s1. The van der Waals surface area contributed by atoms with Crippen LogP contribution < -0.4 is 0 Å². The lowest BCUT2D eigenvalue weighted by Gasteiger charge is -2.40. The Bertz CT molecular complexity index is 642. The smallest absolute Gasteiger partial charge is 0.0947 e. The highest BCUT2D eigenvalue weighted by Gasteiger charge is 2.34. The summed E-state index contributed by atoms with van der Waals surface area (Å²) in [5.41, 5.74) is 2.47. The number of morpholine rings is 1. The van der Waals surface area contributed by atoms with E-state index in [1.54, 1.807) is 17.6 Å². The fourth-order valence-electron chi connectivity index (χ4n) is 3.90. The molecule has 0 aromatic carbocycles. The van der Waals surface area contributed by atoms with Crippen LogP contribution in [-0.4, -0.2) is 53.2 Å². The molecule has 0 radical (unpaired) electrons. The number of fused-ring (bicyclic) bond motifs is 1. The molecular weight excluding hydrogens is 322 g/mol. The molecule has 130 valence electrons. The Hall–Kier alpha value is -1.21. The largest absolute Gasteiger partial charge is 0.472 e. The molecule has 0 saturated carbocycles. The van der Waals surface area contributed by atoms with E-state index in [1.165, 1.54) is 11.3 Å². The van der Waals surface area contributed by atoms with E-state index in [4.69, 9.17) is 9.15 Å². The molecule has 6 heteroatoms. The molecule has 4 rings (SSSR count). The van der Waals surface area contributed by atoms with Gasteiger partial charge in [-0.05, 0) is 25.8 Å². The zero-order chi connectivity index (χ0) is 16.4. The van der Waals surface area contributed by atoms with Gasteiger partial charge in [-0.1, -0.05) is 0 Å². The summed E-state index contributed by atoms with van der Waals surface area (Å²) < 4.78 is 11.3. The van der Waals surface area contributed by atoms with Gasteiger partial charge in [0.05, 0.1) is 35.9 Å². The molecule has 0 amide bonds. The number of aromatic nitrogens is 1. The number of likely N-dealkylation sites (tertiary alicyclic amines) is 1. The number of nitrogens with zero attached hydrogens (tertiary/aromatic N) is 3. The van der Waals surface area contributed by atoms with Gasteiger partial charge in [-0.2, -0.15) is 0 Å². The number of furan rings is 1. The van der Waals surface area contributed by atoms with Crippen LogP contribution in [0.25, 0.3) is 0 Å². The molecule has 4 heterocycles. The average Bonchev–Trinajstić information content (AvgIpc) is 3.18. The molecule has 24 heavy (non-hydrogen) atoms. The lowest BCUT2D eigenvalue weighted by molar-refractivity contribution is -0.0750. The van der Waals surface area contributed by atoms with Crippen LogP contribution in [0.5, 0.6) is 0 Å². The van der Waals surface area contributed by atoms with Crippen LogP contribution in [0.2, 0.25) is 0 Å². The first kappa shape index (κ1) is 16.3. The summed E-state index contributed by atoms with van der Waals surface area (Å²) in [7, 11) is 0. The van der Waals surface area contributed by atoms with Gasteiger partial charge >= 0.3 is 0 Å². The fourth-order valence-corrected chi connectivity index (χ4v) is 4.50. The second-order valence-corrected chi connectivity index (χ2v) is 7.85. The Labute approximate surface area is 147 Å². The summed E-state index contributed by atoms with van der Waals surface area (Å²) >= 11 is 1.74. The van der Waals surface area contributed by atoms with Crippen molar-refractivity contribution in [3.8, 4) is 0 Å². The number of ether oxygens (including phenoxy) is 1. The number of hydrogen-bond acceptors (Lipinski definition) is 6. The molecule has 5 nitrogen and oxygen atoms in total. The Morgan fingerprint density at radius 3 is 2.96 bits per heavy atom. The van der Waals surface area contributed by atoms with E-state index in [-0.39, 0.29) is 0 Å². The van der Waals surface area contributed by atoms with Gasteiger partial charge in [0, 0.05) is 49.7 Å². The second kappa shape index (κ2) is 7.35. The minimum absolute atomic E-state index is 0.354. The van der Waals surface area contributed by atoms with Crippen LogP contribution in [-0.2, 0) is 17.8 Å². The molecule has 0 bridgehead atoms. The highest BCUT2D eigenvalue weighted by molar-refractivity contribution is 7.09. The number of hydrogen-bond donors (Lipinski definition) is 0. The molecule has 2 saturated heterocycles. The third-order valence-corrected chi connectivity index (χ3v) is 5.92. The van der Waals surface area contributed by atoms with E-state index < -0.39 is 0 Å². The van der Waals surface area contributed by atoms with E-state index in [2.05, 4.69) is 33.2 Å². The predicted molar refractivity (Wildman–Crippen MR) is 94.0 cm³/mol. The van der Waals surface area contributed by atoms with Crippen molar-refractivity contribution in [3.05, 3.63) is 40.2 Å². The van der Waals surface area contributed by atoms with E-state index >= 15 is 0 Å². The number of aryl methyl sites for hydroxylation is 1. The van der Waals surface area contributed by atoms with Gasteiger partial charge in [0.2, 0.25) is 0 Å². The first-order chi connectivity index (χ1) is 11.8. The van der Waals surface area contributed by atoms with Crippen LogP contribution in [0.1, 0.15) is 29.1 Å². The summed E-state index contributed by atoms with van der Waals surface area (Å²) in [5, 5.41) is 3.35. The SMILES string of the molecule is Cc1nc(CN2CCO[C@@H]3CCN(Cc4ccoc4)CC[C@@H]32)cs1. The normalized spacial score (nSPS) is 26.2. The maximum atomic E-state index is 6.11. The van der Waals surface area contributed by atoms with Crippen LogP contribution in [0.15, 0.2) is 28.4 Å². The molecule has 0 spiro atoms. The third-order valence-electron chi connectivity index (χ3n) is 5.10. The Morgan fingerprint density at radius 2 is 2.17 bits per heavy atom. The van der Waals surface area contributed by atoms with Crippen molar-refractivity contribution < 1.29 is 9.15 Å². The van der Waals surface area contributed by atoms with E-state index in [1.807, 2.05) is 6.26 Å². The summed E-state index contributed by atoms with van der Waals surface area (Å²) in [6.45, 7) is 8.07. The zero-order valence-electron chi connectivity index (χ0n) is 14.2. The molecule has 2 aromatic rings. The Morgan fingerprint density at radius 1 is 1.25 bits per heavy atom. The van der Waals surface area contributed by atoms with Crippen molar-refractivity contribution in [2.75, 3.05) is 26.2 Å². The molecule has 2 aliphatic heterocycles. The molecule has 2 atom stereocenters.